The monoisotopic (exact) mass is 302 g/mol. The summed E-state index contributed by atoms with van der Waals surface area (Å²) in [4.78, 5) is 37.9. The first-order valence-corrected chi connectivity index (χ1v) is 7.52. The molecular weight excluding hydrogens is 284 g/mol. The molecule has 0 radical (unpaired) electrons. The van der Waals surface area contributed by atoms with E-state index in [9.17, 15) is 14.4 Å². The maximum Gasteiger partial charge on any atom is 0.261 e. The molecule has 6 heteroatoms. The largest absolute Gasteiger partial charge is 0.376 e. The topological polar surface area (TPSA) is 75.7 Å². The van der Waals surface area contributed by atoms with Crippen molar-refractivity contribution in [1.29, 1.82) is 0 Å². The highest BCUT2D eigenvalue weighted by Gasteiger charge is 2.37. The highest BCUT2D eigenvalue weighted by molar-refractivity contribution is 6.22. The van der Waals surface area contributed by atoms with Crippen LogP contribution in [0, 0.1) is 0 Å². The normalized spacial score (nSPS) is 20.4. The molecule has 1 N–H and O–H groups in total. The number of fused-ring (bicyclic) bond motifs is 1. The van der Waals surface area contributed by atoms with Gasteiger partial charge in [0, 0.05) is 18.7 Å². The summed E-state index contributed by atoms with van der Waals surface area (Å²) in [6.45, 7) is 3.29. The third-order valence-electron chi connectivity index (χ3n) is 3.98. The SMILES string of the molecule is CCNC(=O)c1ccc2c(c1)C(=O)N(CC1CCCO1)C2=O. The van der Waals surface area contributed by atoms with E-state index in [2.05, 4.69) is 5.32 Å². The van der Waals surface area contributed by atoms with Crippen molar-refractivity contribution in [3.05, 3.63) is 34.9 Å². The third-order valence-corrected chi connectivity index (χ3v) is 3.98. The van der Waals surface area contributed by atoms with Crippen molar-refractivity contribution in [2.75, 3.05) is 19.7 Å². The van der Waals surface area contributed by atoms with Crippen LogP contribution in [0.5, 0.6) is 0 Å². The van der Waals surface area contributed by atoms with Crippen LogP contribution in [0.2, 0.25) is 0 Å². The first-order chi connectivity index (χ1) is 10.6. The molecule has 2 aliphatic heterocycles. The quantitative estimate of drug-likeness (QED) is 0.848. The predicted molar refractivity (Wildman–Crippen MR) is 78.8 cm³/mol. The lowest BCUT2D eigenvalue weighted by Gasteiger charge is -2.17. The molecule has 3 amide bonds. The first-order valence-electron chi connectivity index (χ1n) is 7.52. The number of nitrogens with zero attached hydrogens (tertiary/aromatic N) is 1. The Kier molecular flexibility index (Phi) is 3.94. The summed E-state index contributed by atoms with van der Waals surface area (Å²) in [5.41, 5.74) is 1.04. The minimum atomic E-state index is -0.346. The van der Waals surface area contributed by atoms with Gasteiger partial charge in [0.05, 0.1) is 23.8 Å². The molecule has 22 heavy (non-hydrogen) atoms. The molecule has 0 aromatic heterocycles. The average Bonchev–Trinajstić information content (AvgIpc) is 3.11. The zero-order valence-corrected chi connectivity index (χ0v) is 12.4. The van der Waals surface area contributed by atoms with Crippen molar-refractivity contribution in [1.82, 2.24) is 10.2 Å². The van der Waals surface area contributed by atoms with Gasteiger partial charge in [0.2, 0.25) is 0 Å². The van der Waals surface area contributed by atoms with E-state index in [0.29, 0.717) is 29.8 Å². The molecule has 1 aromatic carbocycles. The van der Waals surface area contributed by atoms with Gasteiger partial charge in [-0.1, -0.05) is 0 Å². The van der Waals surface area contributed by atoms with Crippen LogP contribution in [-0.4, -0.2) is 48.4 Å². The Morgan fingerprint density at radius 2 is 2.09 bits per heavy atom. The minimum absolute atomic E-state index is 0.0786. The average molecular weight is 302 g/mol. The summed E-state index contributed by atoms with van der Waals surface area (Å²) < 4.78 is 5.49. The van der Waals surface area contributed by atoms with E-state index < -0.39 is 0 Å². The van der Waals surface area contributed by atoms with Gasteiger partial charge in [-0.3, -0.25) is 19.3 Å². The second kappa shape index (κ2) is 5.88. The van der Waals surface area contributed by atoms with E-state index in [1.807, 2.05) is 6.92 Å². The van der Waals surface area contributed by atoms with Crippen molar-refractivity contribution < 1.29 is 19.1 Å². The fraction of sp³-hybridized carbons (Fsp3) is 0.438. The van der Waals surface area contributed by atoms with E-state index in [1.54, 1.807) is 12.1 Å². The van der Waals surface area contributed by atoms with Crippen LogP contribution in [0.15, 0.2) is 18.2 Å². The molecule has 1 unspecified atom stereocenters. The molecule has 6 nitrogen and oxygen atoms in total. The molecular formula is C16H18N2O4. The van der Waals surface area contributed by atoms with Crippen molar-refractivity contribution in [3.8, 4) is 0 Å². The lowest BCUT2D eigenvalue weighted by molar-refractivity contribution is 0.0475. The number of ether oxygens (including phenoxy) is 1. The molecule has 116 valence electrons. The summed E-state index contributed by atoms with van der Waals surface area (Å²) in [7, 11) is 0. The van der Waals surface area contributed by atoms with E-state index in [0.717, 1.165) is 12.8 Å². The van der Waals surface area contributed by atoms with Gasteiger partial charge >= 0.3 is 0 Å². The van der Waals surface area contributed by atoms with E-state index in [4.69, 9.17) is 4.74 Å². The van der Waals surface area contributed by atoms with Crippen molar-refractivity contribution in [3.63, 3.8) is 0 Å². The zero-order valence-electron chi connectivity index (χ0n) is 12.4. The number of benzene rings is 1. The van der Waals surface area contributed by atoms with Crippen LogP contribution in [0.3, 0.4) is 0 Å². The maximum atomic E-state index is 12.4. The van der Waals surface area contributed by atoms with Crippen molar-refractivity contribution >= 4 is 17.7 Å². The van der Waals surface area contributed by atoms with Gasteiger partial charge in [-0.05, 0) is 38.0 Å². The van der Waals surface area contributed by atoms with Crippen molar-refractivity contribution in [2.24, 2.45) is 0 Å². The molecule has 0 spiro atoms. The van der Waals surface area contributed by atoms with E-state index in [-0.39, 0.29) is 30.4 Å². The summed E-state index contributed by atoms with van der Waals surface area (Å²) in [6, 6.07) is 4.62. The molecule has 2 aliphatic rings. The summed E-state index contributed by atoms with van der Waals surface area (Å²) in [5, 5.41) is 2.68. The van der Waals surface area contributed by atoms with Gasteiger partial charge < -0.3 is 10.1 Å². The van der Waals surface area contributed by atoms with Crippen LogP contribution in [0.25, 0.3) is 0 Å². The maximum absolute atomic E-state index is 12.4. The molecule has 0 saturated carbocycles. The zero-order chi connectivity index (χ0) is 15.7. The van der Waals surface area contributed by atoms with Crippen LogP contribution in [0.1, 0.15) is 50.8 Å². The Bertz CT molecular complexity index is 635. The molecule has 0 aliphatic carbocycles. The van der Waals surface area contributed by atoms with Gasteiger partial charge in [-0.15, -0.1) is 0 Å². The number of imide groups is 1. The van der Waals surface area contributed by atoms with Crippen LogP contribution < -0.4 is 5.32 Å². The smallest absolute Gasteiger partial charge is 0.261 e. The lowest BCUT2D eigenvalue weighted by atomic mass is 10.1. The lowest BCUT2D eigenvalue weighted by Crippen LogP contribution is -2.36. The van der Waals surface area contributed by atoms with Gasteiger partial charge in [-0.2, -0.15) is 0 Å². The van der Waals surface area contributed by atoms with Gasteiger partial charge in [0.1, 0.15) is 0 Å². The van der Waals surface area contributed by atoms with E-state index in [1.165, 1.54) is 11.0 Å². The van der Waals surface area contributed by atoms with Crippen LogP contribution in [0.4, 0.5) is 0 Å². The van der Waals surface area contributed by atoms with E-state index >= 15 is 0 Å². The number of rotatable bonds is 4. The first kappa shape index (κ1) is 14.7. The number of hydrogen-bond acceptors (Lipinski definition) is 4. The number of hydrogen-bond donors (Lipinski definition) is 1. The Balaban J connectivity index is 1.83. The Morgan fingerprint density at radius 3 is 2.77 bits per heavy atom. The Labute approximate surface area is 128 Å². The molecule has 0 bridgehead atoms. The van der Waals surface area contributed by atoms with Gasteiger partial charge in [-0.25, -0.2) is 0 Å². The molecule has 3 rings (SSSR count). The minimum Gasteiger partial charge on any atom is -0.376 e. The van der Waals surface area contributed by atoms with Gasteiger partial charge in [0.25, 0.3) is 17.7 Å². The van der Waals surface area contributed by atoms with Gasteiger partial charge in [0.15, 0.2) is 0 Å². The Hall–Kier alpha value is -2.21. The van der Waals surface area contributed by atoms with Crippen molar-refractivity contribution in [2.45, 2.75) is 25.9 Å². The Morgan fingerprint density at radius 1 is 1.32 bits per heavy atom. The summed E-state index contributed by atoms with van der Waals surface area (Å²) in [5.74, 6) is -0.900. The predicted octanol–water partition coefficient (Wildman–Crippen LogP) is 1.21. The standard InChI is InChI=1S/C16H18N2O4/c1-2-17-14(19)10-5-6-12-13(8-10)16(21)18(15(12)20)9-11-4-3-7-22-11/h5-6,8,11H,2-4,7,9H2,1H3,(H,17,19). The highest BCUT2D eigenvalue weighted by atomic mass is 16.5. The fourth-order valence-electron chi connectivity index (χ4n) is 2.85. The van der Waals surface area contributed by atoms with Crippen LogP contribution >= 0.6 is 0 Å². The summed E-state index contributed by atoms with van der Waals surface area (Å²) >= 11 is 0. The summed E-state index contributed by atoms with van der Waals surface area (Å²) in [6.07, 6.45) is 1.73. The molecule has 2 heterocycles. The number of amides is 3. The number of carbonyl (C=O) groups excluding carboxylic acids is 3. The highest BCUT2D eigenvalue weighted by Crippen LogP contribution is 2.26. The second-order valence-corrected chi connectivity index (χ2v) is 5.48. The molecule has 1 aromatic rings. The second-order valence-electron chi connectivity index (χ2n) is 5.48. The third kappa shape index (κ3) is 2.50. The fourth-order valence-corrected chi connectivity index (χ4v) is 2.85. The van der Waals surface area contributed by atoms with Crippen LogP contribution in [-0.2, 0) is 4.74 Å². The molecule has 1 atom stereocenters. The molecule has 1 fully saturated rings. The molecule has 1 saturated heterocycles. The number of nitrogens with one attached hydrogen (secondary N) is 1. The number of carbonyl (C=O) groups is 3.